The van der Waals surface area contributed by atoms with E-state index in [2.05, 4.69) is 36.9 Å². The Morgan fingerprint density at radius 2 is 1.64 bits per heavy atom. The van der Waals surface area contributed by atoms with Gasteiger partial charge in [0.15, 0.2) is 16.3 Å². The minimum absolute atomic E-state index is 0.220. The van der Waals surface area contributed by atoms with Crippen LogP contribution in [0.1, 0.15) is 43.5 Å². The molecule has 0 radical (unpaired) electrons. The number of hydrogen-bond donors (Lipinski definition) is 0. The van der Waals surface area contributed by atoms with Crippen molar-refractivity contribution in [2.75, 3.05) is 13.2 Å². The van der Waals surface area contributed by atoms with Gasteiger partial charge in [0.1, 0.15) is 6.61 Å². The van der Waals surface area contributed by atoms with Crippen LogP contribution in [0, 0.1) is 0 Å². The minimum atomic E-state index is -0.663. The highest BCUT2D eigenvalue weighted by atomic mass is 79.9. The summed E-state index contributed by atoms with van der Waals surface area (Å²) in [6, 6.07) is 20.4. The van der Waals surface area contributed by atoms with Crippen molar-refractivity contribution < 1.29 is 19.0 Å². The average Bonchev–Trinajstić information content (AvgIpc) is 3.27. The normalized spacial score (nSPS) is 14.8. The maximum Gasteiger partial charge on any atom is 0.338 e. The van der Waals surface area contributed by atoms with Crippen LogP contribution < -0.4 is 24.4 Å². The molecule has 0 saturated carbocycles. The lowest BCUT2D eigenvalue weighted by Crippen LogP contribution is -2.39. The predicted octanol–water partition coefficient (Wildman–Crippen LogP) is 6.30. The summed E-state index contributed by atoms with van der Waals surface area (Å²) in [6.07, 6.45) is 1.81. The van der Waals surface area contributed by atoms with E-state index in [1.54, 1.807) is 18.4 Å². The number of benzene rings is 3. The highest BCUT2D eigenvalue weighted by molar-refractivity contribution is 9.10. The quantitative estimate of drug-likeness (QED) is 0.191. The van der Waals surface area contributed by atoms with Crippen molar-refractivity contribution >= 4 is 55.2 Å². The number of aromatic nitrogens is 1. The van der Waals surface area contributed by atoms with Gasteiger partial charge in [-0.15, -0.1) is 0 Å². The van der Waals surface area contributed by atoms with Gasteiger partial charge in [-0.1, -0.05) is 73.5 Å². The Balaban J connectivity index is 1.54. The number of hydrogen-bond acceptors (Lipinski definition) is 7. The molecule has 0 amide bonds. The summed E-state index contributed by atoms with van der Waals surface area (Å²) in [6.45, 7) is 6.52. The van der Waals surface area contributed by atoms with E-state index in [0.29, 0.717) is 45.3 Å². The first kappa shape index (κ1) is 30.0. The highest BCUT2D eigenvalue weighted by Gasteiger charge is 2.33. The summed E-state index contributed by atoms with van der Waals surface area (Å²) in [7, 11) is 0. The molecule has 0 fully saturated rings. The molecular weight excluding hydrogens is 684 g/mol. The standard InChI is InChI=1S/C32H28Br2N2O5S/c1-4-39-26-16-21(8-15-25(26)41-18-20-6-11-23(33)12-7-20)17-27-30(37)36-29(22-9-13-24(34)14-10-22)28(31(38)40-5-2)19(3)35-32(36)42-27/h6-17,29H,4-5,18H2,1-3H3/b27-17-/t29-/m1/s1. The number of ether oxygens (including phenoxy) is 3. The number of rotatable bonds is 9. The van der Waals surface area contributed by atoms with E-state index < -0.39 is 12.0 Å². The Labute approximate surface area is 264 Å². The average molecular weight is 712 g/mol. The Hall–Kier alpha value is -3.47. The fraction of sp³-hybridized carbons (Fsp3) is 0.219. The molecule has 1 aliphatic heterocycles. The number of carbonyl (C=O) groups is 1. The number of fused-ring (bicyclic) bond motifs is 1. The van der Waals surface area contributed by atoms with Gasteiger partial charge >= 0.3 is 5.97 Å². The summed E-state index contributed by atoms with van der Waals surface area (Å²) in [4.78, 5) is 32.1. The van der Waals surface area contributed by atoms with Crippen LogP contribution in [0.5, 0.6) is 11.5 Å². The molecule has 7 nitrogen and oxygen atoms in total. The summed E-state index contributed by atoms with van der Waals surface area (Å²) in [5, 5.41) is 0. The number of carbonyl (C=O) groups excluding carboxylic acids is 1. The van der Waals surface area contributed by atoms with Crippen LogP contribution in [0.3, 0.4) is 0 Å². The number of halogens is 2. The first-order chi connectivity index (χ1) is 20.3. The van der Waals surface area contributed by atoms with E-state index in [1.165, 1.54) is 11.3 Å². The third kappa shape index (κ3) is 6.45. The molecule has 1 aromatic heterocycles. The summed E-state index contributed by atoms with van der Waals surface area (Å²) in [5.74, 6) is 0.716. The first-order valence-electron chi connectivity index (χ1n) is 13.4. The summed E-state index contributed by atoms with van der Waals surface area (Å²) < 4.78 is 21.3. The molecule has 0 bridgehead atoms. The molecule has 1 aliphatic rings. The molecule has 0 saturated heterocycles. The maximum absolute atomic E-state index is 13.9. The van der Waals surface area contributed by atoms with Crippen LogP contribution in [-0.4, -0.2) is 23.8 Å². The fourth-order valence-electron chi connectivity index (χ4n) is 4.65. The molecule has 3 aromatic carbocycles. The zero-order chi connectivity index (χ0) is 29.8. The first-order valence-corrected chi connectivity index (χ1v) is 15.8. The Morgan fingerprint density at radius 3 is 2.31 bits per heavy atom. The van der Waals surface area contributed by atoms with Gasteiger partial charge in [0.2, 0.25) is 0 Å². The van der Waals surface area contributed by atoms with E-state index >= 15 is 0 Å². The fourth-order valence-corrected chi connectivity index (χ4v) is 6.22. The molecule has 1 atom stereocenters. The number of nitrogens with zero attached hydrogens (tertiary/aromatic N) is 2. The van der Waals surface area contributed by atoms with Crippen molar-refractivity contribution in [3.8, 4) is 11.5 Å². The summed E-state index contributed by atoms with van der Waals surface area (Å²) in [5.41, 5.74) is 3.23. The molecule has 4 aromatic rings. The molecule has 42 heavy (non-hydrogen) atoms. The topological polar surface area (TPSA) is 79.1 Å². The highest BCUT2D eigenvalue weighted by Crippen LogP contribution is 2.32. The number of esters is 1. The van der Waals surface area contributed by atoms with Crippen LogP contribution in [0.25, 0.3) is 6.08 Å². The number of allylic oxidation sites excluding steroid dienone is 1. The van der Waals surface area contributed by atoms with Crippen LogP contribution in [0.15, 0.2) is 96.7 Å². The van der Waals surface area contributed by atoms with Crippen LogP contribution in [-0.2, 0) is 16.1 Å². The van der Waals surface area contributed by atoms with Crippen molar-refractivity contribution in [2.24, 2.45) is 4.99 Å². The van der Waals surface area contributed by atoms with Gasteiger partial charge in [0.25, 0.3) is 5.56 Å². The zero-order valence-corrected chi connectivity index (χ0v) is 27.2. The molecule has 216 valence electrons. The van der Waals surface area contributed by atoms with Crippen LogP contribution in [0.4, 0.5) is 0 Å². The van der Waals surface area contributed by atoms with Gasteiger partial charge in [-0.2, -0.15) is 0 Å². The molecule has 10 heteroatoms. The van der Waals surface area contributed by atoms with Crippen LogP contribution >= 0.6 is 43.2 Å². The molecule has 0 aliphatic carbocycles. The minimum Gasteiger partial charge on any atom is -0.490 e. The van der Waals surface area contributed by atoms with Crippen molar-refractivity contribution in [1.82, 2.24) is 4.57 Å². The van der Waals surface area contributed by atoms with Crippen molar-refractivity contribution in [3.05, 3.63) is 123 Å². The Bertz CT molecular complexity index is 1830. The summed E-state index contributed by atoms with van der Waals surface area (Å²) >= 11 is 8.20. The van der Waals surface area contributed by atoms with Crippen molar-refractivity contribution in [2.45, 2.75) is 33.4 Å². The third-order valence-corrected chi connectivity index (χ3v) is 8.62. The van der Waals surface area contributed by atoms with E-state index in [1.807, 2.05) is 79.7 Å². The van der Waals surface area contributed by atoms with Gasteiger partial charge in [-0.25, -0.2) is 9.79 Å². The molecule has 0 N–H and O–H groups in total. The molecule has 5 rings (SSSR count). The smallest absolute Gasteiger partial charge is 0.338 e. The van der Waals surface area contributed by atoms with Gasteiger partial charge in [0, 0.05) is 8.95 Å². The second kappa shape index (κ2) is 13.2. The SMILES string of the molecule is CCOC(=O)C1=C(C)N=c2s/c(=C\c3ccc(OCc4ccc(Br)cc4)c(OCC)c3)c(=O)n2[C@@H]1c1ccc(Br)cc1. The van der Waals surface area contributed by atoms with E-state index in [0.717, 1.165) is 25.6 Å². The Kier molecular flexibility index (Phi) is 9.45. The van der Waals surface area contributed by atoms with E-state index in [9.17, 15) is 9.59 Å². The lowest BCUT2D eigenvalue weighted by molar-refractivity contribution is -0.139. The lowest BCUT2D eigenvalue weighted by Gasteiger charge is -2.24. The Morgan fingerprint density at radius 1 is 0.952 bits per heavy atom. The van der Waals surface area contributed by atoms with E-state index in [4.69, 9.17) is 14.2 Å². The largest absolute Gasteiger partial charge is 0.490 e. The lowest BCUT2D eigenvalue weighted by atomic mass is 9.96. The number of thiazole rings is 1. The second-order valence-electron chi connectivity index (χ2n) is 9.41. The molecule has 0 spiro atoms. The van der Waals surface area contributed by atoms with E-state index in [-0.39, 0.29) is 12.2 Å². The van der Waals surface area contributed by atoms with Gasteiger partial charge < -0.3 is 14.2 Å². The van der Waals surface area contributed by atoms with Crippen molar-refractivity contribution in [3.63, 3.8) is 0 Å². The van der Waals surface area contributed by atoms with Gasteiger partial charge in [-0.3, -0.25) is 9.36 Å². The van der Waals surface area contributed by atoms with Crippen molar-refractivity contribution in [1.29, 1.82) is 0 Å². The second-order valence-corrected chi connectivity index (χ2v) is 12.2. The van der Waals surface area contributed by atoms with Crippen LogP contribution in [0.2, 0.25) is 0 Å². The maximum atomic E-state index is 13.9. The molecular formula is C32H28Br2N2O5S. The van der Waals surface area contributed by atoms with Gasteiger partial charge in [0.05, 0.1) is 35.1 Å². The zero-order valence-electron chi connectivity index (χ0n) is 23.2. The monoisotopic (exact) mass is 710 g/mol. The molecule has 0 unspecified atom stereocenters. The third-order valence-electron chi connectivity index (χ3n) is 6.58. The predicted molar refractivity (Wildman–Crippen MR) is 171 cm³/mol. The molecule has 2 heterocycles. The van der Waals surface area contributed by atoms with Gasteiger partial charge in [-0.05, 0) is 79.9 Å².